The topological polar surface area (TPSA) is 35.2 Å². The predicted molar refractivity (Wildman–Crippen MR) is 64.4 cm³/mol. The maximum absolute atomic E-state index is 6.01. The van der Waals surface area contributed by atoms with E-state index in [-0.39, 0.29) is 6.04 Å². The van der Waals surface area contributed by atoms with Gasteiger partial charge in [0.1, 0.15) is 5.75 Å². The summed E-state index contributed by atoms with van der Waals surface area (Å²) in [6.45, 7) is 5.81. The highest BCUT2D eigenvalue weighted by Gasteiger charge is 2.09. The third-order valence-electron chi connectivity index (χ3n) is 2.17. The Morgan fingerprint density at radius 2 is 2.27 bits per heavy atom. The first kappa shape index (κ1) is 12.1. The van der Waals surface area contributed by atoms with Crippen LogP contribution in [-0.4, -0.2) is 7.11 Å². The van der Waals surface area contributed by atoms with Crippen molar-refractivity contribution in [1.29, 1.82) is 0 Å². The first-order chi connectivity index (χ1) is 7.04. The fraction of sp³-hybridized carbons (Fsp3) is 0.333. The molecule has 0 fully saturated rings. The standard InChI is InChI=1S/C12H16ClNO/c1-8(2)6-11(14)9-4-5-10(13)12(7-9)15-3/h4-5,7,11H,1,6,14H2,2-3H3/t11-/m0/s1. The Morgan fingerprint density at radius 3 is 2.80 bits per heavy atom. The van der Waals surface area contributed by atoms with Crippen molar-refractivity contribution >= 4 is 11.6 Å². The second-order valence-corrected chi connectivity index (χ2v) is 4.07. The number of hydrogen-bond acceptors (Lipinski definition) is 2. The summed E-state index contributed by atoms with van der Waals surface area (Å²) in [6.07, 6.45) is 0.769. The van der Waals surface area contributed by atoms with Crippen molar-refractivity contribution in [2.24, 2.45) is 5.73 Å². The molecule has 0 radical (unpaired) electrons. The predicted octanol–water partition coefficient (Wildman–Crippen LogP) is 3.31. The van der Waals surface area contributed by atoms with Gasteiger partial charge in [-0.15, -0.1) is 6.58 Å². The van der Waals surface area contributed by atoms with Crippen LogP contribution >= 0.6 is 11.6 Å². The molecule has 0 aromatic heterocycles. The molecule has 0 spiro atoms. The minimum absolute atomic E-state index is 0.0475. The summed E-state index contributed by atoms with van der Waals surface area (Å²) in [5.41, 5.74) is 8.09. The van der Waals surface area contributed by atoms with Gasteiger partial charge in [-0.05, 0) is 31.0 Å². The summed E-state index contributed by atoms with van der Waals surface area (Å²) in [5.74, 6) is 0.659. The van der Waals surface area contributed by atoms with Gasteiger partial charge in [0.2, 0.25) is 0 Å². The molecule has 0 saturated carbocycles. The molecule has 0 heterocycles. The van der Waals surface area contributed by atoms with E-state index in [1.165, 1.54) is 0 Å². The van der Waals surface area contributed by atoms with Crippen LogP contribution in [0.5, 0.6) is 5.75 Å². The number of halogens is 1. The maximum atomic E-state index is 6.01. The lowest BCUT2D eigenvalue weighted by Crippen LogP contribution is -2.10. The van der Waals surface area contributed by atoms with E-state index in [4.69, 9.17) is 22.1 Å². The molecule has 0 bridgehead atoms. The Bertz CT molecular complexity index is 363. The zero-order chi connectivity index (χ0) is 11.4. The Labute approximate surface area is 95.7 Å². The fourth-order valence-electron chi connectivity index (χ4n) is 1.40. The van der Waals surface area contributed by atoms with Gasteiger partial charge >= 0.3 is 0 Å². The van der Waals surface area contributed by atoms with E-state index in [0.29, 0.717) is 10.8 Å². The van der Waals surface area contributed by atoms with Crippen molar-refractivity contribution in [3.05, 3.63) is 40.9 Å². The van der Waals surface area contributed by atoms with E-state index < -0.39 is 0 Å². The Hall–Kier alpha value is -0.990. The molecule has 1 aromatic rings. The van der Waals surface area contributed by atoms with Gasteiger partial charge in [-0.3, -0.25) is 0 Å². The van der Waals surface area contributed by atoms with Crippen LogP contribution in [0.15, 0.2) is 30.4 Å². The van der Waals surface area contributed by atoms with Crippen LogP contribution in [0.3, 0.4) is 0 Å². The third-order valence-corrected chi connectivity index (χ3v) is 2.48. The van der Waals surface area contributed by atoms with Crippen LogP contribution in [0.2, 0.25) is 5.02 Å². The van der Waals surface area contributed by atoms with Gasteiger partial charge in [-0.1, -0.05) is 23.2 Å². The zero-order valence-electron chi connectivity index (χ0n) is 9.09. The number of benzene rings is 1. The molecule has 1 atom stereocenters. The van der Waals surface area contributed by atoms with Crippen molar-refractivity contribution < 1.29 is 4.74 Å². The van der Waals surface area contributed by atoms with Gasteiger partial charge in [0.15, 0.2) is 0 Å². The van der Waals surface area contributed by atoms with Gasteiger partial charge in [0, 0.05) is 6.04 Å². The average molecular weight is 226 g/mol. The van der Waals surface area contributed by atoms with E-state index in [1.807, 2.05) is 19.1 Å². The molecule has 0 saturated heterocycles. The van der Waals surface area contributed by atoms with Gasteiger partial charge in [0.05, 0.1) is 12.1 Å². The molecule has 0 aliphatic rings. The van der Waals surface area contributed by atoms with Crippen LogP contribution in [0.25, 0.3) is 0 Å². The van der Waals surface area contributed by atoms with Gasteiger partial charge < -0.3 is 10.5 Å². The molecule has 1 rings (SSSR count). The lowest BCUT2D eigenvalue weighted by molar-refractivity contribution is 0.414. The zero-order valence-corrected chi connectivity index (χ0v) is 9.84. The molecular weight excluding hydrogens is 210 g/mol. The van der Waals surface area contributed by atoms with Gasteiger partial charge in [-0.25, -0.2) is 0 Å². The molecule has 2 N–H and O–H groups in total. The largest absolute Gasteiger partial charge is 0.495 e. The quantitative estimate of drug-likeness (QED) is 0.798. The number of ether oxygens (including phenoxy) is 1. The van der Waals surface area contributed by atoms with Gasteiger partial charge in [-0.2, -0.15) is 0 Å². The van der Waals surface area contributed by atoms with Crippen LogP contribution in [0.4, 0.5) is 0 Å². The first-order valence-electron chi connectivity index (χ1n) is 4.78. The van der Waals surface area contributed by atoms with Crippen LogP contribution < -0.4 is 10.5 Å². The molecular formula is C12H16ClNO. The molecule has 1 aromatic carbocycles. The third kappa shape index (κ3) is 3.26. The molecule has 0 aliphatic carbocycles. The lowest BCUT2D eigenvalue weighted by atomic mass is 10.0. The van der Waals surface area contributed by atoms with E-state index in [2.05, 4.69) is 6.58 Å². The van der Waals surface area contributed by atoms with Crippen molar-refractivity contribution in [2.75, 3.05) is 7.11 Å². The van der Waals surface area contributed by atoms with E-state index in [9.17, 15) is 0 Å². The minimum atomic E-state index is -0.0475. The van der Waals surface area contributed by atoms with Crippen LogP contribution in [0, 0.1) is 0 Å². The highest BCUT2D eigenvalue weighted by molar-refractivity contribution is 6.32. The smallest absolute Gasteiger partial charge is 0.137 e. The van der Waals surface area contributed by atoms with E-state index >= 15 is 0 Å². The SMILES string of the molecule is C=C(C)C[C@H](N)c1ccc(Cl)c(OC)c1. The molecule has 82 valence electrons. The highest BCUT2D eigenvalue weighted by Crippen LogP contribution is 2.28. The monoisotopic (exact) mass is 225 g/mol. The molecule has 0 unspecified atom stereocenters. The normalized spacial score (nSPS) is 12.3. The second-order valence-electron chi connectivity index (χ2n) is 3.66. The average Bonchev–Trinajstić information content (AvgIpc) is 2.17. The summed E-state index contributed by atoms with van der Waals surface area (Å²) >= 11 is 5.92. The summed E-state index contributed by atoms with van der Waals surface area (Å²) in [4.78, 5) is 0. The molecule has 0 aliphatic heterocycles. The molecule has 15 heavy (non-hydrogen) atoms. The van der Waals surface area contributed by atoms with Crippen molar-refractivity contribution in [2.45, 2.75) is 19.4 Å². The number of rotatable bonds is 4. The van der Waals surface area contributed by atoms with Gasteiger partial charge in [0.25, 0.3) is 0 Å². The highest BCUT2D eigenvalue weighted by atomic mass is 35.5. The summed E-state index contributed by atoms with van der Waals surface area (Å²) in [6, 6.07) is 5.54. The summed E-state index contributed by atoms with van der Waals surface area (Å²) in [5, 5.41) is 0.601. The molecule has 2 nitrogen and oxygen atoms in total. The number of methoxy groups -OCH3 is 1. The van der Waals surface area contributed by atoms with Crippen molar-refractivity contribution in [1.82, 2.24) is 0 Å². The van der Waals surface area contributed by atoms with E-state index in [0.717, 1.165) is 17.6 Å². The number of hydrogen-bond donors (Lipinski definition) is 1. The molecule has 0 amide bonds. The van der Waals surface area contributed by atoms with Crippen LogP contribution in [0.1, 0.15) is 24.9 Å². The number of nitrogens with two attached hydrogens (primary N) is 1. The van der Waals surface area contributed by atoms with E-state index in [1.54, 1.807) is 13.2 Å². The second kappa shape index (κ2) is 5.19. The Kier molecular flexibility index (Phi) is 4.18. The van der Waals surface area contributed by atoms with Crippen LogP contribution in [-0.2, 0) is 0 Å². The maximum Gasteiger partial charge on any atom is 0.137 e. The minimum Gasteiger partial charge on any atom is -0.495 e. The lowest BCUT2D eigenvalue weighted by Gasteiger charge is -2.13. The molecule has 3 heteroatoms. The van der Waals surface area contributed by atoms with Crippen molar-refractivity contribution in [3.63, 3.8) is 0 Å². The Balaban J connectivity index is 2.90. The summed E-state index contributed by atoms with van der Waals surface area (Å²) < 4.78 is 5.13. The first-order valence-corrected chi connectivity index (χ1v) is 5.15. The van der Waals surface area contributed by atoms with Crippen molar-refractivity contribution in [3.8, 4) is 5.75 Å². The summed E-state index contributed by atoms with van der Waals surface area (Å²) in [7, 11) is 1.59. The Morgan fingerprint density at radius 1 is 1.60 bits per heavy atom. The fourth-order valence-corrected chi connectivity index (χ4v) is 1.59.